The van der Waals surface area contributed by atoms with Gasteiger partial charge in [-0.05, 0) is 43.7 Å². The minimum atomic E-state index is -3.57. The lowest BCUT2D eigenvalue weighted by molar-refractivity contribution is -0.133. The summed E-state index contributed by atoms with van der Waals surface area (Å²) in [4.78, 5) is 28.6. The highest BCUT2D eigenvalue weighted by Gasteiger charge is 2.33. The molecule has 3 heterocycles. The van der Waals surface area contributed by atoms with E-state index >= 15 is 0 Å². The number of hydrogen-bond donors (Lipinski definition) is 0. The highest BCUT2D eigenvalue weighted by atomic mass is 32.2. The summed E-state index contributed by atoms with van der Waals surface area (Å²) in [6.07, 6.45) is 3.80. The van der Waals surface area contributed by atoms with Gasteiger partial charge in [0, 0.05) is 32.2 Å². The predicted molar refractivity (Wildman–Crippen MR) is 107 cm³/mol. The molecule has 0 bridgehead atoms. The average molecular weight is 422 g/mol. The zero-order chi connectivity index (χ0) is 20.6. The minimum Gasteiger partial charge on any atom is -0.482 e. The second-order valence-electron chi connectivity index (χ2n) is 8.10. The SMILES string of the molecule is CC1CCCN(C(=O)CN2C(=O)COc3cc(S(=O)(=O)N4CCCC4)ccc32)C1. The molecule has 0 aliphatic carbocycles. The molecule has 1 unspecified atom stereocenters. The van der Waals surface area contributed by atoms with Crippen LogP contribution in [0.3, 0.4) is 0 Å². The third kappa shape index (κ3) is 3.98. The van der Waals surface area contributed by atoms with Crippen LogP contribution < -0.4 is 9.64 Å². The zero-order valence-electron chi connectivity index (χ0n) is 16.7. The van der Waals surface area contributed by atoms with Crippen LogP contribution in [0.1, 0.15) is 32.6 Å². The first-order valence-electron chi connectivity index (χ1n) is 10.2. The van der Waals surface area contributed by atoms with Gasteiger partial charge in [0.05, 0.1) is 10.6 Å². The molecule has 0 aromatic heterocycles. The van der Waals surface area contributed by atoms with E-state index in [1.165, 1.54) is 21.3 Å². The fourth-order valence-corrected chi connectivity index (χ4v) is 5.78. The van der Waals surface area contributed by atoms with Crippen LogP contribution >= 0.6 is 0 Å². The van der Waals surface area contributed by atoms with Crippen molar-refractivity contribution in [3.8, 4) is 5.75 Å². The van der Waals surface area contributed by atoms with Crippen LogP contribution in [0.25, 0.3) is 0 Å². The van der Waals surface area contributed by atoms with Crippen LogP contribution in [0.5, 0.6) is 5.75 Å². The van der Waals surface area contributed by atoms with Gasteiger partial charge in [-0.3, -0.25) is 14.5 Å². The average Bonchev–Trinajstić information content (AvgIpc) is 3.25. The number of anilines is 1. The number of amides is 2. The number of carbonyl (C=O) groups excluding carboxylic acids is 2. The highest BCUT2D eigenvalue weighted by Crippen LogP contribution is 2.35. The largest absolute Gasteiger partial charge is 0.482 e. The number of nitrogens with zero attached hydrogens (tertiary/aromatic N) is 3. The van der Waals surface area contributed by atoms with Gasteiger partial charge in [-0.15, -0.1) is 0 Å². The van der Waals surface area contributed by atoms with Crippen molar-refractivity contribution >= 4 is 27.5 Å². The van der Waals surface area contributed by atoms with Crippen LogP contribution in [-0.2, 0) is 19.6 Å². The lowest BCUT2D eigenvalue weighted by Gasteiger charge is -2.34. The Morgan fingerprint density at radius 3 is 2.66 bits per heavy atom. The van der Waals surface area contributed by atoms with Crippen LogP contribution in [-0.4, -0.2) is 68.8 Å². The number of carbonyl (C=O) groups is 2. The minimum absolute atomic E-state index is 0.0554. The monoisotopic (exact) mass is 421 g/mol. The van der Waals surface area contributed by atoms with Crippen molar-refractivity contribution in [2.45, 2.75) is 37.5 Å². The predicted octanol–water partition coefficient (Wildman–Crippen LogP) is 1.45. The zero-order valence-corrected chi connectivity index (χ0v) is 17.5. The summed E-state index contributed by atoms with van der Waals surface area (Å²) in [5.74, 6) is 0.390. The van der Waals surface area contributed by atoms with Crippen molar-refractivity contribution < 1.29 is 22.7 Å². The Labute approximate surface area is 171 Å². The van der Waals surface area contributed by atoms with Crippen molar-refractivity contribution in [2.75, 3.05) is 44.2 Å². The Morgan fingerprint density at radius 2 is 1.93 bits per heavy atom. The van der Waals surface area contributed by atoms with E-state index in [1.54, 1.807) is 6.07 Å². The molecule has 0 N–H and O–H groups in total. The number of benzene rings is 1. The molecule has 3 aliphatic heterocycles. The van der Waals surface area contributed by atoms with Gasteiger partial charge < -0.3 is 9.64 Å². The third-order valence-corrected chi connectivity index (χ3v) is 7.77. The molecule has 9 heteroatoms. The molecule has 2 amide bonds. The van der Waals surface area contributed by atoms with Gasteiger partial charge in [0.25, 0.3) is 5.91 Å². The highest BCUT2D eigenvalue weighted by molar-refractivity contribution is 7.89. The summed E-state index contributed by atoms with van der Waals surface area (Å²) >= 11 is 0. The molecule has 1 aromatic carbocycles. The molecule has 0 spiro atoms. The number of piperidine rings is 1. The van der Waals surface area contributed by atoms with Gasteiger partial charge in [-0.25, -0.2) is 8.42 Å². The number of rotatable bonds is 4. The van der Waals surface area contributed by atoms with Gasteiger partial charge in [0.15, 0.2) is 6.61 Å². The van der Waals surface area contributed by atoms with Gasteiger partial charge >= 0.3 is 0 Å². The van der Waals surface area contributed by atoms with Crippen molar-refractivity contribution in [1.29, 1.82) is 0 Å². The number of ether oxygens (including phenoxy) is 1. The molecular weight excluding hydrogens is 394 g/mol. The van der Waals surface area contributed by atoms with Gasteiger partial charge in [0.2, 0.25) is 15.9 Å². The van der Waals surface area contributed by atoms with E-state index in [0.29, 0.717) is 43.5 Å². The fourth-order valence-electron chi connectivity index (χ4n) is 4.25. The smallest absolute Gasteiger partial charge is 0.265 e. The third-order valence-electron chi connectivity index (χ3n) is 5.88. The van der Waals surface area contributed by atoms with E-state index in [-0.39, 0.29) is 29.9 Å². The Kier molecular flexibility index (Phi) is 5.52. The van der Waals surface area contributed by atoms with Crippen molar-refractivity contribution in [3.05, 3.63) is 18.2 Å². The lowest BCUT2D eigenvalue weighted by atomic mass is 10.0. The van der Waals surface area contributed by atoms with Gasteiger partial charge in [-0.1, -0.05) is 6.92 Å². The van der Waals surface area contributed by atoms with Crippen LogP contribution in [0.15, 0.2) is 23.1 Å². The van der Waals surface area contributed by atoms with E-state index in [0.717, 1.165) is 25.7 Å². The molecule has 0 radical (unpaired) electrons. The summed E-state index contributed by atoms with van der Waals surface area (Å²) in [5.41, 5.74) is 0.444. The van der Waals surface area contributed by atoms with Crippen molar-refractivity contribution in [3.63, 3.8) is 0 Å². The number of fused-ring (bicyclic) bond motifs is 1. The molecule has 0 saturated carbocycles. The maximum atomic E-state index is 12.8. The second kappa shape index (κ2) is 7.95. The fraction of sp³-hybridized carbons (Fsp3) is 0.600. The Balaban J connectivity index is 1.56. The molecule has 4 rings (SSSR count). The summed E-state index contributed by atoms with van der Waals surface area (Å²) in [5, 5.41) is 0. The van der Waals surface area contributed by atoms with E-state index in [1.807, 2.05) is 4.90 Å². The summed E-state index contributed by atoms with van der Waals surface area (Å²) in [6, 6.07) is 4.53. The second-order valence-corrected chi connectivity index (χ2v) is 10.0. The lowest BCUT2D eigenvalue weighted by Crippen LogP contribution is -2.48. The Hall–Kier alpha value is -2.13. The molecule has 8 nitrogen and oxygen atoms in total. The number of likely N-dealkylation sites (tertiary alicyclic amines) is 1. The molecular formula is C20H27N3O5S. The molecule has 158 valence electrons. The van der Waals surface area contributed by atoms with E-state index < -0.39 is 10.0 Å². The first kappa shape index (κ1) is 20.2. The normalized spacial score (nSPS) is 23.1. The molecule has 29 heavy (non-hydrogen) atoms. The Bertz CT molecular complexity index is 911. The van der Waals surface area contributed by atoms with Crippen LogP contribution in [0.2, 0.25) is 0 Å². The van der Waals surface area contributed by atoms with Crippen molar-refractivity contribution in [1.82, 2.24) is 9.21 Å². The van der Waals surface area contributed by atoms with Crippen LogP contribution in [0, 0.1) is 5.92 Å². The first-order valence-corrected chi connectivity index (χ1v) is 11.7. The molecule has 2 fully saturated rings. The van der Waals surface area contributed by atoms with Gasteiger partial charge in [-0.2, -0.15) is 4.31 Å². The number of sulfonamides is 1. The van der Waals surface area contributed by atoms with E-state index in [2.05, 4.69) is 6.92 Å². The maximum Gasteiger partial charge on any atom is 0.265 e. The van der Waals surface area contributed by atoms with Crippen LogP contribution in [0.4, 0.5) is 5.69 Å². The Morgan fingerprint density at radius 1 is 1.17 bits per heavy atom. The molecule has 3 aliphatic rings. The molecule has 1 aromatic rings. The van der Waals surface area contributed by atoms with E-state index in [4.69, 9.17) is 4.74 Å². The maximum absolute atomic E-state index is 12.8. The standard InChI is InChI=1S/C20H27N3O5S/c1-15-5-4-8-21(12-15)19(24)13-23-17-7-6-16(11-18(17)28-14-20(23)25)29(26,27)22-9-2-3-10-22/h6-7,11,15H,2-5,8-10,12-14H2,1H3. The van der Waals surface area contributed by atoms with Crippen molar-refractivity contribution in [2.24, 2.45) is 5.92 Å². The molecule has 2 saturated heterocycles. The van der Waals surface area contributed by atoms with Gasteiger partial charge in [0.1, 0.15) is 12.3 Å². The summed E-state index contributed by atoms with van der Waals surface area (Å²) in [6.45, 7) is 4.32. The first-order chi connectivity index (χ1) is 13.9. The van der Waals surface area contributed by atoms with E-state index in [9.17, 15) is 18.0 Å². The topological polar surface area (TPSA) is 87.2 Å². The molecule has 1 atom stereocenters. The number of hydrogen-bond acceptors (Lipinski definition) is 5. The summed E-state index contributed by atoms with van der Waals surface area (Å²) < 4.78 is 32.6. The quantitative estimate of drug-likeness (QED) is 0.735. The summed E-state index contributed by atoms with van der Waals surface area (Å²) in [7, 11) is -3.57.